The molecule has 92 valence electrons. The monoisotopic (exact) mass is 224 g/mol. The quantitative estimate of drug-likeness (QED) is 0.748. The van der Waals surface area contributed by atoms with Gasteiger partial charge in [0.15, 0.2) is 0 Å². The van der Waals surface area contributed by atoms with E-state index in [1.54, 1.807) is 0 Å². The summed E-state index contributed by atoms with van der Waals surface area (Å²) in [5.41, 5.74) is 5.76. The van der Waals surface area contributed by atoms with Crippen molar-refractivity contribution in [2.45, 2.75) is 39.7 Å². The first-order chi connectivity index (χ1) is 7.71. The number of hydrogen-bond acceptors (Lipinski definition) is 3. The van der Waals surface area contributed by atoms with E-state index in [4.69, 9.17) is 10.2 Å². The SMILES string of the molecule is CCC(CC)CNC(CN)c1ccc(C)o1. The summed E-state index contributed by atoms with van der Waals surface area (Å²) in [6.45, 7) is 7.99. The third-order valence-electron chi connectivity index (χ3n) is 3.15. The van der Waals surface area contributed by atoms with Crippen molar-refractivity contribution in [3.05, 3.63) is 23.7 Å². The molecule has 3 nitrogen and oxygen atoms in total. The number of aryl methyl sites for hydroxylation is 1. The van der Waals surface area contributed by atoms with E-state index in [2.05, 4.69) is 19.2 Å². The van der Waals surface area contributed by atoms with Crippen LogP contribution in [0.3, 0.4) is 0 Å². The van der Waals surface area contributed by atoms with Crippen LogP contribution in [-0.2, 0) is 0 Å². The second-order valence-electron chi connectivity index (χ2n) is 4.33. The lowest BCUT2D eigenvalue weighted by Crippen LogP contribution is -2.31. The van der Waals surface area contributed by atoms with Crippen molar-refractivity contribution in [1.29, 1.82) is 0 Å². The van der Waals surface area contributed by atoms with Crippen LogP contribution >= 0.6 is 0 Å². The highest BCUT2D eigenvalue weighted by Gasteiger charge is 2.14. The minimum Gasteiger partial charge on any atom is -0.465 e. The Bertz CT molecular complexity index is 292. The summed E-state index contributed by atoms with van der Waals surface area (Å²) in [5, 5.41) is 3.48. The molecule has 1 atom stereocenters. The molecule has 3 N–H and O–H groups in total. The number of hydrogen-bond donors (Lipinski definition) is 2. The van der Waals surface area contributed by atoms with Crippen LogP contribution in [-0.4, -0.2) is 13.1 Å². The van der Waals surface area contributed by atoms with Crippen LogP contribution in [0.2, 0.25) is 0 Å². The molecule has 0 spiro atoms. The average Bonchev–Trinajstić information content (AvgIpc) is 2.71. The standard InChI is InChI=1S/C13H24N2O/c1-4-11(5-2)9-15-12(8-14)13-7-6-10(3)16-13/h6-7,11-12,15H,4-5,8-9,14H2,1-3H3. The minimum absolute atomic E-state index is 0.147. The highest BCUT2D eigenvalue weighted by Crippen LogP contribution is 2.16. The van der Waals surface area contributed by atoms with E-state index in [0.717, 1.165) is 24.0 Å². The molecule has 0 aliphatic carbocycles. The first kappa shape index (κ1) is 13.3. The molecule has 0 bridgehead atoms. The lowest BCUT2D eigenvalue weighted by atomic mass is 10.0. The van der Waals surface area contributed by atoms with Gasteiger partial charge < -0.3 is 15.5 Å². The third-order valence-corrected chi connectivity index (χ3v) is 3.15. The number of rotatable bonds is 7. The summed E-state index contributed by atoms with van der Waals surface area (Å²) in [5.74, 6) is 2.62. The first-order valence-electron chi connectivity index (χ1n) is 6.21. The fourth-order valence-electron chi connectivity index (χ4n) is 1.83. The van der Waals surface area contributed by atoms with E-state index in [1.165, 1.54) is 12.8 Å². The zero-order valence-electron chi connectivity index (χ0n) is 10.6. The van der Waals surface area contributed by atoms with Crippen molar-refractivity contribution in [3.63, 3.8) is 0 Å². The Morgan fingerprint density at radius 3 is 2.44 bits per heavy atom. The maximum atomic E-state index is 5.76. The lowest BCUT2D eigenvalue weighted by molar-refractivity contribution is 0.366. The van der Waals surface area contributed by atoms with Crippen LogP contribution in [0, 0.1) is 12.8 Å². The van der Waals surface area contributed by atoms with Gasteiger partial charge in [-0.2, -0.15) is 0 Å². The molecule has 1 aromatic heterocycles. The molecule has 0 aliphatic heterocycles. The van der Waals surface area contributed by atoms with Gasteiger partial charge in [-0.15, -0.1) is 0 Å². The molecule has 1 rings (SSSR count). The molecule has 0 saturated heterocycles. The predicted octanol–water partition coefficient (Wildman–Crippen LogP) is 2.61. The Labute approximate surface area is 98.4 Å². The zero-order chi connectivity index (χ0) is 12.0. The lowest BCUT2D eigenvalue weighted by Gasteiger charge is -2.19. The maximum absolute atomic E-state index is 5.76. The van der Waals surface area contributed by atoms with Gasteiger partial charge in [0.05, 0.1) is 6.04 Å². The van der Waals surface area contributed by atoms with E-state index in [-0.39, 0.29) is 6.04 Å². The summed E-state index contributed by atoms with van der Waals surface area (Å²) in [6.07, 6.45) is 2.41. The number of nitrogens with one attached hydrogen (secondary N) is 1. The molecule has 0 aromatic carbocycles. The number of furan rings is 1. The summed E-state index contributed by atoms with van der Waals surface area (Å²) < 4.78 is 5.59. The topological polar surface area (TPSA) is 51.2 Å². The fourth-order valence-corrected chi connectivity index (χ4v) is 1.83. The smallest absolute Gasteiger partial charge is 0.122 e. The molecule has 0 aliphatic rings. The van der Waals surface area contributed by atoms with Crippen LogP contribution in [0.4, 0.5) is 0 Å². The molecule has 1 unspecified atom stereocenters. The van der Waals surface area contributed by atoms with Crippen molar-refractivity contribution in [2.75, 3.05) is 13.1 Å². The van der Waals surface area contributed by atoms with Crippen LogP contribution in [0.5, 0.6) is 0 Å². The molecular formula is C13H24N2O. The normalized spacial score (nSPS) is 13.3. The fraction of sp³-hybridized carbons (Fsp3) is 0.692. The number of nitrogens with two attached hydrogens (primary N) is 1. The van der Waals surface area contributed by atoms with Gasteiger partial charge in [0.2, 0.25) is 0 Å². The molecule has 16 heavy (non-hydrogen) atoms. The zero-order valence-corrected chi connectivity index (χ0v) is 10.6. The van der Waals surface area contributed by atoms with E-state index in [0.29, 0.717) is 6.54 Å². The summed E-state index contributed by atoms with van der Waals surface area (Å²) >= 11 is 0. The van der Waals surface area contributed by atoms with Crippen molar-refractivity contribution < 1.29 is 4.42 Å². The Morgan fingerprint density at radius 1 is 1.31 bits per heavy atom. The van der Waals surface area contributed by atoms with Crippen LogP contribution in [0.25, 0.3) is 0 Å². The van der Waals surface area contributed by atoms with Crippen LogP contribution in [0.1, 0.15) is 44.3 Å². The van der Waals surface area contributed by atoms with Crippen molar-refractivity contribution in [2.24, 2.45) is 11.7 Å². The van der Waals surface area contributed by atoms with Gasteiger partial charge in [-0.1, -0.05) is 26.7 Å². The van der Waals surface area contributed by atoms with Crippen molar-refractivity contribution in [3.8, 4) is 0 Å². The van der Waals surface area contributed by atoms with Gasteiger partial charge in [-0.25, -0.2) is 0 Å². The van der Waals surface area contributed by atoms with Crippen LogP contribution < -0.4 is 11.1 Å². The van der Waals surface area contributed by atoms with Crippen molar-refractivity contribution >= 4 is 0 Å². The Balaban J connectivity index is 2.49. The minimum atomic E-state index is 0.147. The van der Waals surface area contributed by atoms with E-state index >= 15 is 0 Å². The van der Waals surface area contributed by atoms with Gasteiger partial charge in [0.1, 0.15) is 11.5 Å². The molecule has 0 amide bonds. The van der Waals surface area contributed by atoms with E-state index < -0.39 is 0 Å². The molecule has 0 radical (unpaired) electrons. The van der Waals surface area contributed by atoms with Gasteiger partial charge >= 0.3 is 0 Å². The summed E-state index contributed by atoms with van der Waals surface area (Å²) in [4.78, 5) is 0. The van der Waals surface area contributed by atoms with Gasteiger partial charge in [-0.05, 0) is 31.5 Å². The van der Waals surface area contributed by atoms with Gasteiger partial charge in [0.25, 0.3) is 0 Å². The molecule has 0 fully saturated rings. The Kier molecular flexibility index (Phi) is 5.56. The highest BCUT2D eigenvalue weighted by molar-refractivity contribution is 5.10. The van der Waals surface area contributed by atoms with E-state index in [9.17, 15) is 0 Å². The summed E-state index contributed by atoms with van der Waals surface area (Å²) in [7, 11) is 0. The summed E-state index contributed by atoms with van der Waals surface area (Å²) in [6, 6.07) is 4.14. The maximum Gasteiger partial charge on any atom is 0.122 e. The molecule has 3 heteroatoms. The third kappa shape index (κ3) is 3.65. The van der Waals surface area contributed by atoms with E-state index in [1.807, 2.05) is 19.1 Å². The second kappa shape index (κ2) is 6.71. The first-order valence-corrected chi connectivity index (χ1v) is 6.21. The molecular weight excluding hydrogens is 200 g/mol. The molecule has 1 aromatic rings. The van der Waals surface area contributed by atoms with Gasteiger partial charge in [-0.3, -0.25) is 0 Å². The van der Waals surface area contributed by atoms with Crippen molar-refractivity contribution in [1.82, 2.24) is 5.32 Å². The molecule has 0 saturated carbocycles. The highest BCUT2D eigenvalue weighted by atomic mass is 16.3. The van der Waals surface area contributed by atoms with Gasteiger partial charge in [0, 0.05) is 6.54 Å². The molecule has 1 heterocycles. The Hall–Kier alpha value is -0.800. The second-order valence-corrected chi connectivity index (χ2v) is 4.33. The van der Waals surface area contributed by atoms with Crippen LogP contribution in [0.15, 0.2) is 16.5 Å². The average molecular weight is 224 g/mol. The predicted molar refractivity (Wildman–Crippen MR) is 67.3 cm³/mol. The Morgan fingerprint density at radius 2 is 2.00 bits per heavy atom. The largest absolute Gasteiger partial charge is 0.465 e.